The van der Waals surface area contributed by atoms with Gasteiger partial charge in [-0.2, -0.15) is 0 Å². The molecule has 0 fully saturated rings. The third-order valence-electron chi connectivity index (χ3n) is 1.83. The Kier molecular flexibility index (Phi) is 1.06. The average Bonchev–Trinajstić information content (AvgIpc) is 2.33. The Labute approximate surface area is 54.6 Å². The molecule has 0 atom stereocenters. The summed E-state index contributed by atoms with van der Waals surface area (Å²) in [4.78, 5) is 0. The SMILES string of the molecule is C1=CC2=C(CN1)CNC2. The first-order valence-electron chi connectivity index (χ1n) is 3.28. The van der Waals surface area contributed by atoms with Crippen LogP contribution in [0.1, 0.15) is 0 Å². The lowest BCUT2D eigenvalue weighted by Gasteiger charge is -2.07. The summed E-state index contributed by atoms with van der Waals surface area (Å²) in [7, 11) is 0. The molecule has 0 amide bonds. The van der Waals surface area contributed by atoms with Gasteiger partial charge in [0.1, 0.15) is 0 Å². The van der Waals surface area contributed by atoms with E-state index in [-0.39, 0.29) is 0 Å². The molecule has 0 radical (unpaired) electrons. The van der Waals surface area contributed by atoms with Crippen LogP contribution in [-0.2, 0) is 0 Å². The molecule has 2 nitrogen and oxygen atoms in total. The molecule has 0 spiro atoms. The summed E-state index contributed by atoms with van der Waals surface area (Å²) < 4.78 is 0. The Balaban J connectivity index is 2.28. The normalized spacial score (nSPS) is 24.0. The van der Waals surface area contributed by atoms with Gasteiger partial charge in [-0.1, -0.05) is 0 Å². The Morgan fingerprint density at radius 3 is 3.11 bits per heavy atom. The highest BCUT2D eigenvalue weighted by atomic mass is 14.9. The highest BCUT2D eigenvalue weighted by molar-refractivity contribution is 5.35. The predicted molar refractivity (Wildman–Crippen MR) is 37.0 cm³/mol. The first kappa shape index (κ1) is 5.06. The fourth-order valence-electron chi connectivity index (χ4n) is 1.28. The molecular weight excluding hydrogens is 112 g/mol. The van der Waals surface area contributed by atoms with Crippen LogP contribution in [0.4, 0.5) is 0 Å². The van der Waals surface area contributed by atoms with Gasteiger partial charge in [-0.3, -0.25) is 0 Å². The quantitative estimate of drug-likeness (QED) is 0.472. The van der Waals surface area contributed by atoms with Gasteiger partial charge in [0, 0.05) is 19.6 Å². The number of dihydropyridines is 1. The van der Waals surface area contributed by atoms with Gasteiger partial charge in [0.15, 0.2) is 0 Å². The molecule has 0 aromatic rings. The zero-order valence-electron chi connectivity index (χ0n) is 5.28. The largest absolute Gasteiger partial charge is 0.387 e. The van der Waals surface area contributed by atoms with Crippen LogP contribution < -0.4 is 10.6 Å². The van der Waals surface area contributed by atoms with Gasteiger partial charge in [0.2, 0.25) is 0 Å². The van der Waals surface area contributed by atoms with Crippen molar-refractivity contribution in [3.63, 3.8) is 0 Å². The van der Waals surface area contributed by atoms with Crippen LogP contribution in [-0.4, -0.2) is 19.6 Å². The second-order valence-electron chi connectivity index (χ2n) is 2.45. The summed E-state index contributed by atoms with van der Waals surface area (Å²) in [6.07, 6.45) is 4.17. The highest BCUT2D eigenvalue weighted by Gasteiger charge is 2.12. The number of hydrogen-bond donors (Lipinski definition) is 2. The summed E-state index contributed by atoms with van der Waals surface area (Å²) in [6, 6.07) is 0. The Morgan fingerprint density at radius 1 is 1.22 bits per heavy atom. The molecule has 0 unspecified atom stereocenters. The van der Waals surface area contributed by atoms with E-state index >= 15 is 0 Å². The predicted octanol–water partition coefficient (Wildman–Crippen LogP) is 0.00310. The topological polar surface area (TPSA) is 24.1 Å². The zero-order valence-corrected chi connectivity index (χ0v) is 5.28. The minimum Gasteiger partial charge on any atom is -0.387 e. The van der Waals surface area contributed by atoms with Crippen LogP contribution >= 0.6 is 0 Å². The third-order valence-corrected chi connectivity index (χ3v) is 1.83. The Hall–Kier alpha value is -0.760. The average molecular weight is 122 g/mol. The van der Waals surface area contributed by atoms with Crippen molar-refractivity contribution in [2.75, 3.05) is 19.6 Å². The maximum absolute atomic E-state index is 3.30. The molecule has 2 aliphatic rings. The van der Waals surface area contributed by atoms with Gasteiger partial charge in [-0.15, -0.1) is 0 Å². The van der Waals surface area contributed by atoms with Crippen LogP contribution in [0.5, 0.6) is 0 Å². The molecule has 0 aliphatic carbocycles. The molecule has 2 heterocycles. The molecule has 0 bridgehead atoms. The van der Waals surface area contributed by atoms with E-state index in [1.165, 1.54) is 11.1 Å². The maximum atomic E-state index is 3.30. The van der Waals surface area contributed by atoms with Gasteiger partial charge in [-0.25, -0.2) is 0 Å². The summed E-state index contributed by atoms with van der Waals surface area (Å²) in [5.41, 5.74) is 3.01. The molecule has 0 saturated heterocycles. The van der Waals surface area contributed by atoms with Gasteiger partial charge < -0.3 is 10.6 Å². The number of hydrogen-bond acceptors (Lipinski definition) is 2. The van der Waals surface area contributed by atoms with Crippen molar-refractivity contribution in [3.05, 3.63) is 23.4 Å². The van der Waals surface area contributed by atoms with Crippen molar-refractivity contribution in [2.24, 2.45) is 0 Å². The zero-order chi connectivity index (χ0) is 6.10. The molecule has 0 aromatic heterocycles. The maximum Gasteiger partial charge on any atom is 0.0373 e. The molecule has 0 saturated carbocycles. The minimum absolute atomic E-state index is 1.04. The second kappa shape index (κ2) is 1.88. The fourth-order valence-corrected chi connectivity index (χ4v) is 1.28. The second-order valence-corrected chi connectivity index (χ2v) is 2.45. The van der Waals surface area contributed by atoms with E-state index in [2.05, 4.69) is 16.7 Å². The van der Waals surface area contributed by atoms with Gasteiger partial charge in [-0.05, 0) is 23.4 Å². The molecule has 2 heteroatoms. The summed E-state index contributed by atoms with van der Waals surface area (Å²) >= 11 is 0. The fraction of sp³-hybridized carbons (Fsp3) is 0.429. The van der Waals surface area contributed by atoms with E-state index < -0.39 is 0 Å². The van der Waals surface area contributed by atoms with E-state index in [9.17, 15) is 0 Å². The Bertz CT molecular complexity index is 179. The summed E-state index contributed by atoms with van der Waals surface area (Å²) in [6.45, 7) is 3.18. The van der Waals surface area contributed by atoms with Gasteiger partial charge in [0.25, 0.3) is 0 Å². The van der Waals surface area contributed by atoms with E-state index in [0.29, 0.717) is 0 Å². The minimum atomic E-state index is 1.04. The molecular formula is C7H10N2. The van der Waals surface area contributed by atoms with Crippen molar-refractivity contribution in [3.8, 4) is 0 Å². The third kappa shape index (κ3) is 0.754. The lowest BCUT2D eigenvalue weighted by molar-refractivity contribution is 0.840. The molecule has 0 aromatic carbocycles. The lowest BCUT2D eigenvalue weighted by Crippen LogP contribution is -2.16. The van der Waals surface area contributed by atoms with E-state index in [1.54, 1.807) is 0 Å². The molecule has 9 heavy (non-hydrogen) atoms. The first-order valence-corrected chi connectivity index (χ1v) is 3.28. The lowest BCUT2D eigenvalue weighted by atomic mass is 10.1. The molecule has 2 N–H and O–H groups in total. The van der Waals surface area contributed by atoms with Crippen LogP contribution in [0.15, 0.2) is 23.4 Å². The van der Waals surface area contributed by atoms with Crippen molar-refractivity contribution >= 4 is 0 Å². The van der Waals surface area contributed by atoms with Crippen molar-refractivity contribution in [1.82, 2.24) is 10.6 Å². The Morgan fingerprint density at radius 2 is 2.22 bits per heavy atom. The van der Waals surface area contributed by atoms with E-state index in [1.807, 2.05) is 6.20 Å². The summed E-state index contributed by atoms with van der Waals surface area (Å²) in [5.74, 6) is 0. The number of rotatable bonds is 0. The highest BCUT2D eigenvalue weighted by Crippen LogP contribution is 2.12. The molecule has 48 valence electrons. The van der Waals surface area contributed by atoms with Crippen LogP contribution in [0, 0.1) is 0 Å². The van der Waals surface area contributed by atoms with Gasteiger partial charge >= 0.3 is 0 Å². The van der Waals surface area contributed by atoms with Gasteiger partial charge in [0.05, 0.1) is 0 Å². The van der Waals surface area contributed by atoms with Crippen molar-refractivity contribution < 1.29 is 0 Å². The van der Waals surface area contributed by atoms with Crippen LogP contribution in [0.3, 0.4) is 0 Å². The van der Waals surface area contributed by atoms with E-state index in [0.717, 1.165) is 19.6 Å². The number of nitrogens with one attached hydrogen (secondary N) is 2. The molecule has 2 aliphatic heterocycles. The van der Waals surface area contributed by atoms with E-state index in [4.69, 9.17) is 0 Å². The standard InChI is InChI=1S/C7H10N2/c1-2-8-4-7-5-9-3-6(1)7/h1-2,8-9H,3-5H2. The van der Waals surface area contributed by atoms with Crippen molar-refractivity contribution in [1.29, 1.82) is 0 Å². The van der Waals surface area contributed by atoms with Crippen molar-refractivity contribution in [2.45, 2.75) is 0 Å². The first-order chi connectivity index (χ1) is 4.47. The monoisotopic (exact) mass is 122 g/mol. The summed E-state index contributed by atoms with van der Waals surface area (Å²) in [5, 5.41) is 6.48. The van der Waals surface area contributed by atoms with Crippen LogP contribution in [0.2, 0.25) is 0 Å². The molecule has 2 rings (SSSR count). The smallest absolute Gasteiger partial charge is 0.0373 e. The van der Waals surface area contributed by atoms with Crippen LogP contribution in [0.25, 0.3) is 0 Å².